The molecular weight excluding hydrogens is 444 g/mol. The lowest BCUT2D eigenvalue weighted by Gasteiger charge is -2.14. The highest BCUT2D eigenvalue weighted by molar-refractivity contribution is 5.91. The van der Waals surface area contributed by atoms with Crippen molar-refractivity contribution >= 4 is 17.7 Å². The molecule has 1 amide bonds. The minimum absolute atomic E-state index is 0.337. The monoisotopic (exact) mass is 470 g/mol. The van der Waals surface area contributed by atoms with E-state index in [-0.39, 0.29) is 5.97 Å². The maximum atomic E-state index is 12.5. The molecule has 1 aromatic heterocycles. The van der Waals surface area contributed by atoms with Gasteiger partial charge in [0.05, 0.1) is 12.2 Å². The topological polar surface area (TPSA) is 90.7 Å². The van der Waals surface area contributed by atoms with Crippen molar-refractivity contribution in [1.29, 1.82) is 0 Å². The summed E-state index contributed by atoms with van der Waals surface area (Å²) in [5.41, 5.74) is 5.08. The molecule has 0 aliphatic heterocycles. The predicted molar refractivity (Wildman–Crippen MR) is 133 cm³/mol. The number of amides is 1. The smallest absolute Gasteiger partial charge is 0.412 e. The molecule has 0 spiro atoms. The number of carbonyl (C=O) groups excluding carboxylic acids is 2. The van der Waals surface area contributed by atoms with Crippen molar-refractivity contribution < 1.29 is 23.6 Å². The zero-order valence-electron chi connectivity index (χ0n) is 19.8. The Hall–Kier alpha value is -4.39. The van der Waals surface area contributed by atoms with Crippen molar-refractivity contribution in [2.24, 2.45) is 0 Å². The van der Waals surface area contributed by atoms with Crippen LogP contribution < -0.4 is 5.32 Å². The summed E-state index contributed by atoms with van der Waals surface area (Å²) in [6, 6.07) is 24.4. The first-order valence-corrected chi connectivity index (χ1v) is 11.3. The summed E-state index contributed by atoms with van der Waals surface area (Å²) < 4.78 is 16.1. The first kappa shape index (κ1) is 23.8. The Morgan fingerprint density at radius 1 is 0.914 bits per heavy atom. The van der Waals surface area contributed by atoms with Crippen LogP contribution in [0.1, 0.15) is 41.6 Å². The molecule has 0 saturated heterocycles. The van der Waals surface area contributed by atoms with E-state index in [9.17, 15) is 9.59 Å². The molecule has 1 heterocycles. The lowest BCUT2D eigenvalue weighted by Crippen LogP contribution is -2.16. The summed E-state index contributed by atoms with van der Waals surface area (Å²) in [6.45, 7) is 5.68. The highest BCUT2D eigenvalue weighted by Crippen LogP contribution is 2.33. The minimum Gasteiger partial charge on any atom is -0.462 e. The second-order valence-corrected chi connectivity index (χ2v) is 7.93. The third kappa shape index (κ3) is 5.58. The molecule has 7 heteroatoms. The number of rotatable bonds is 7. The molecule has 7 nitrogen and oxygen atoms in total. The van der Waals surface area contributed by atoms with Crippen LogP contribution in [0, 0.1) is 6.92 Å². The summed E-state index contributed by atoms with van der Waals surface area (Å²) >= 11 is 0. The number of nitrogens with zero attached hydrogens (tertiary/aromatic N) is 1. The van der Waals surface area contributed by atoms with E-state index in [4.69, 9.17) is 14.0 Å². The highest BCUT2D eigenvalue weighted by Gasteiger charge is 2.20. The fraction of sp³-hybridized carbons (Fsp3) is 0.179. The first-order chi connectivity index (χ1) is 17.0. The zero-order valence-corrected chi connectivity index (χ0v) is 19.8. The average molecular weight is 471 g/mol. The molecule has 0 fully saturated rings. The molecule has 178 valence electrons. The van der Waals surface area contributed by atoms with Crippen LogP contribution in [0.15, 0.2) is 83.4 Å². The summed E-state index contributed by atoms with van der Waals surface area (Å²) in [7, 11) is 0. The van der Waals surface area contributed by atoms with E-state index in [1.165, 1.54) is 0 Å². The summed E-state index contributed by atoms with van der Waals surface area (Å²) in [6.07, 6.45) is -0.999. The second-order valence-electron chi connectivity index (χ2n) is 7.93. The van der Waals surface area contributed by atoms with Gasteiger partial charge in [0, 0.05) is 5.56 Å². The van der Waals surface area contributed by atoms with Crippen LogP contribution >= 0.6 is 0 Å². The molecule has 0 aliphatic carbocycles. The molecule has 0 saturated carbocycles. The molecule has 1 N–H and O–H groups in total. The Labute approximate surface area is 203 Å². The van der Waals surface area contributed by atoms with E-state index in [0.29, 0.717) is 29.3 Å². The van der Waals surface area contributed by atoms with Gasteiger partial charge in [-0.05, 0) is 49.6 Å². The quantitative estimate of drug-likeness (QED) is 0.299. The molecule has 4 rings (SSSR count). The van der Waals surface area contributed by atoms with Crippen LogP contribution in [0.5, 0.6) is 0 Å². The van der Waals surface area contributed by atoms with Gasteiger partial charge in [0.1, 0.15) is 17.5 Å². The first-order valence-electron chi connectivity index (χ1n) is 11.3. The SMILES string of the molecule is CCOC(=O)c1ccc(-c2ccc(-c3onc(C)c3NC(=O)OC(C)c3ccccc3)cc2)cc1. The minimum atomic E-state index is -0.591. The van der Waals surface area contributed by atoms with Gasteiger partial charge in [-0.1, -0.05) is 71.9 Å². The van der Waals surface area contributed by atoms with Crippen LogP contribution in [-0.4, -0.2) is 23.8 Å². The molecule has 1 atom stereocenters. The Kier molecular flexibility index (Phi) is 7.26. The third-order valence-corrected chi connectivity index (χ3v) is 5.52. The molecule has 1 unspecified atom stereocenters. The highest BCUT2D eigenvalue weighted by atomic mass is 16.6. The summed E-state index contributed by atoms with van der Waals surface area (Å²) in [5, 5.41) is 6.79. The lowest BCUT2D eigenvalue weighted by atomic mass is 10.0. The number of anilines is 1. The number of carbonyl (C=O) groups is 2. The Bertz CT molecular complexity index is 1300. The molecule has 3 aromatic carbocycles. The number of aryl methyl sites for hydroxylation is 1. The van der Waals surface area contributed by atoms with E-state index in [1.807, 2.05) is 73.7 Å². The third-order valence-electron chi connectivity index (χ3n) is 5.52. The second kappa shape index (κ2) is 10.7. The normalized spacial score (nSPS) is 11.5. The van der Waals surface area contributed by atoms with Gasteiger partial charge < -0.3 is 14.0 Å². The van der Waals surface area contributed by atoms with Gasteiger partial charge in [-0.3, -0.25) is 5.32 Å². The van der Waals surface area contributed by atoms with Crippen LogP contribution in [0.4, 0.5) is 10.5 Å². The van der Waals surface area contributed by atoms with Crippen molar-refractivity contribution in [3.8, 4) is 22.5 Å². The van der Waals surface area contributed by atoms with E-state index in [0.717, 1.165) is 22.3 Å². The van der Waals surface area contributed by atoms with Gasteiger partial charge in [0.25, 0.3) is 0 Å². The standard InChI is InChI=1S/C28H26N2O5/c1-4-33-27(31)24-16-12-22(13-17-24)21-10-14-23(15-11-21)26-25(18(2)30-35-26)29-28(32)34-19(3)20-8-6-5-7-9-20/h5-17,19H,4H2,1-3H3,(H,29,32). The summed E-state index contributed by atoms with van der Waals surface area (Å²) in [4.78, 5) is 24.4. The number of aromatic nitrogens is 1. The van der Waals surface area contributed by atoms with E-state index in [1.54, 1.807) is 26.0 Å². The van der Waals surface area contributed by atoms with Crippen molar-refractivity contribution in [2.45, 2.75) is 26.9 Å². The van der Waals surface area contributed by atoms with Crippen LogP contribution in [0.3, 0.4) is 0 Å². The summed E-state index contributed by atoms with van der Waals surface area (Å²) in [5.74, 6) is 0.0998. The zero-order chi connectivity index (χ0) is 24.8. The Balaban J connectivity index is 1.47. The van der Waals surface area contributed by atoms with Crippen molar-refractivity contribution in [3.63, 3.8) is 0 Å². The van der Waals surface area contributed by atoms with E-state index in [2.05, 4.69) is 10.5 Å². The Morgan fingerprint density at radius 2 is 1.51 bits per heavy atom. The van der Waals surface area contributed by atoms with Gasteiger partial charge in [-0.15, -0.1) is 0 Å². The molecule has 0 aliphatic rings. The fourth-order valence-electron chi connectivity index (χ4n) is 3.63. The maximum absolute atomic E-state index is 12.5. The maximum Gasteiger partial charge on any atom is 0.412 e. The van der Waals surface area contributed by atoms with Gasteiger partial charge in [-0.25, -0.2) is 9.59 Å². The Morgan fingerprint density at radius 3 is 2.14 bits per heavy atom. The fourth-order valence-corrected chi connectivity index (χ4v) is 3.63. The molecule has 4 aromatic rings. The molecule has 0 radical (unpaired) electrons. The predicted octanol–water partition coefficient (Wildman–Crippen LogP) is 6.80. The van der Waals surface area contributed by atoms with Crippen LogP contribution in [-0.2, 0) is 9.47 Å². The van der Waals surface area contributed by atoms with Crippen molar-refractivity contribution in [3.05, 3.63) is 95.7 Å². The number of ether oxygens (including phenoxy) is 2. The average Bonchev–Trinajstić information content (AvgIpc) is 3.24. The lowest BCUT2D eigenvalue weighted by molar-refractivity contribution is 0.0526. The number of hydrogen-bond donors (Lipinski definition) is 1. The van der Waals surface area contributed by atoms with Crippen molar-refractivity contribution in [1.82, 2.24) is 5.16 Å². The van der Waals surface area contributed by atoms with E-state index >= 15 is 0 Å². The van der Waals surface area contributed by atoms with E-state index < -0.39 is 12.2 Å². The molecule has 0 bridgehead atoms. The number of benzene rings is 3. The van der Waals surface area contributed by atoms with Crippen LogP contribution in [0.25, 0.3) is 22.5 Å². The van der Waals surface area contributed by atoms with Crippen molar-refractivity contribution in [2.75, 3.05) is 11.9 Å². The molecular formula is C28H26N2O5. The van der Waals surface area contributed by atoms with Gasteiger partial charge in [0.15, 0.2) is 5.76 Å². The largest absolute Gasteiger partial charge is 0.462 e. The number of hydrogen-bond acceptors (Lipinski definition) is 6. The number of esters is 1. The van der Waals surface area contributed by atoms with Gasteiger partial charge in [0.2, 0.25) is 0 Å². The van der Waals surface area contributed by atoms with Gasteiger partial charge in [-0.2, -0.15) is 0 Å². The number of nitrogens with one attached hydrogen (secondary N) is 1. The van der Waals surface area contributed by atoms with Gasteiger partial charge >= 0.3 is 12.1 Å². The molecule has 35 heavy (non-hydrogen) atoms. The van der Waals surface area contributed by atoms with Crippen LogP contribution in [0.2, 0.25) is 0 Å².